The minimum atomic E-state index is -0.285. The van der Waals surface area contributed by atoms with Crippen molar-refractivity contribution < 1.29 is 14.3 Å². The number of carbonyl (C=O) groups is 1. The number of rotatable bonds is 1. The zero-order valence-electron chi connectivity index (χ0n) is 7.10. The molecule has 0 N–H and O–H groups in total. The van der Waals surface area contributed by atoms with Crippen LogP contribution in [0.4, 0.5) is 0 Å². The second kappa shape index (κ2) is 3.58. The van der Waals surface area contributed by atoms with Crippen molar-refractivity contribution >= 4 is 5.97 Å². The molecule has 1 aliphatic heterocycles. The highest BCUT2D eigenvalue weighted by molar-refractivity contribution is 5.71. The Morgan fingerprint density at radius 1 is 1.23 bits per heavy atom. The maximum atomic E-state index is 10.7. The van der Waals surface area contributed by atoms with E-state index in [2.05, 4.69) is 0 Å². The lowest BCUT2D eigenvalue weighted by molar-refractivity contribution is -0.168. The summed E-state index contributed by atoms with van der Waals surface area (Å²) in [4.78, 5) is 10.7. The number of hydrogen-bond acceptors (Lipinski definition) is 3. The largest absolute Gasteiger partial charge is 0.461 e. The predicted molar refractivity (Wildman–Crippen MR) is 46.1 cm³/mol. The molecule has 13 heavy (non-hydrogen) atoms. The van der Waals surface area contributed by atoms with E-state index in [1.807, 2.05) is 30.3 Å². The van der Waals surface area contributed by atoms with Crippen molar-refractivity contribution in [2.24, 2.45) is 0 Å². The Morgan fingerprint density at radius 3 is 2.62 bits per heavy atom. The van der Waals surface area contributed by atoms with Crippen LogP contribution in [-0.2, 0) is 14.3 Å². The van der Waals surface area contributed by atoms with Crippen molar-refractivity contribution in [1.29, 1.82) is 0 Å². The maximum absolute atomic E-state index is 10.7. The van der Waals surface area contributed by atoms with E-state index in [1.54, 1.807) is 0 Å². The summed E-state index contributed by atoms with van der Waals surface area (Å²) in [5.74, 6) is -0.285. The molecule has 1 aromatic carbocycles. The molecule has 0 unspecified atom stereocenters. The SMILES string of the molecule is O=C1CO[C@@H](c2ccccc2)CO1. The van der Waals surface area contributed by atoms with E-state index in [4.69, 9.17) is 9.47 Å². The van der Waals surface area contributed by atoms with Crippen LogP contribution in [0.2, 0.25) is 0 Å². The Bertz CT molecular complexity index is 284. The van der Waals surface area contributed by atoms with Gasteiger partial charge in [-0.2, -0.15) is 0 Å². The van der Waals surface area contributed by atoms with Gasteiger partial charge < -0.3 is 9.47 Å². The highest BCUT2D eigenvalue weighted by Gasteiger charge is 2.21. The Hall–Kier alpha value is -1.35. The third-order valence-corrected chi connectivity index (χ3v) is 1.97. The quantitative estimate of drug-likeness (QED) is 0.608. The van der Waals surface area contributed by atoms with Gasteiger partial charge in [-0.3, -0.25) is 0 Å². The normalized spacial score (nSPS) is 22.5. The highest BCUT2D eigenvalue weighted by atomic mass is 16.6. The van der Waals surface area contributed by atoms with Crippen LogP contribution in [0.3, 0.4) is 0 Å². The van der Waals surface area contributed by atoms with Crippen LogP contribution in [0.5, 0.6) is 0 Å². The molecule has 0 saturated carbocycles. The summed E-state index contributed by atoms with van der Waals surface area (Å²) in [6.45, 7) is 0.377. The lowest BCUT2D eigenvalue weighted by atomic mass is 10.1. The summed E-state index contributed by atoms with van der Waals surface area (Å²) >= 11 is 0. The van der Waals surface area contributed by atoms with Crippen LogP contribution in [0.25, 0.3) is 0 Å². The number of hydrogen-bond donors (Lipinski definition) is 0. The summed E-state index contributed by atoms with van der Waals surface area (Å²) in [6, 6.07) is 9.75. The molecule has 3 nitrogen and oxygen atoms in total. The van der Waals surface area contributed by atoms with E-state index >= 15 is 0 Å². The summed E-state index contributed by atoms with van der Waals surface area (Å²) in [7, 11) is 0. The van der Waals surface area contributed by atoms with Gasteiger partial charge in [0.2, 0.25) is 0 Å². The number of esters is 1. The van der Waals surface area contributed by atoms with Crippen LogP contribution in [0, 0.1) is 0 Å². The van der Waals surface area contributed by atoms with E-state index in [0.29, 0.717) is 6.61 Å². The number of carbonyl (C=O) groups excluding carboxylic acids is 1. The lowest BCUT2D eigenvalue weighted by Crippen LogP contribution is -2.26. The second-order valence-electron chi connectivity index (χ2n) is 2.89. The Balaban J connectivity index is 2.07. The second-order valence-corrected chi connectivity index (χ2v) is 2.89. The first-order valence-corrected chi connectivity index (χ1v) is 4.18. The van der Waals surface area contributed by atoms with Gasteiger partial charge in [-0.1, -0.05) is 30.3 Å². The lowest BCUT2D eigenvalue weighted by Gasteiger charge is -2.22. The minimum Gasteiger partial charge on any atom is -0.461 e. The summed E-state index contributed by atoms with van der Waals surface area (Å²) in [5.41, 5.74) is 1.05. The molecule has 2 rings (SSSR count). The first-order chi connectivity index (χ1) is 6.36. The predicted octanol–water partition coefficient (Wildman–Crippen LogP) is 1.30. The fourth-order valence-corrected chi connectivity index (χ4v) is 1.29. The van der Waals surface area contributed by atoms with Gasteiger partial charge in [-0.25, -0.2) is 4.79 Å². The monoisotopic (exact) mass is 178 g/mol. The molecule has 1 aromatic rings. The van der Waals surface area contributed by atoms with Crippen molar-refractivity contribution in [2.75, 3.05) is 13.2 Å². The van der Waals surface area contributed by atoms with Crippen molar-refractivity contribution in [3.63, 3.8) is 0 Å². The van der Waals surface area contributed by atoms with Gasteiger partial charge in [-0.15, -0.1) is 0 Å². The number of ether oxygens (including phenoxy) is 2. The van der Waals surface area contributed by atoms with Gasteiger partial charge in [-0.05, 0) is 5.56 Å². The smallest absolute Gasteiger partial charge is 0.332 e. The molecule has 0 amide bonds. The third-order valence-electron chi connectivity index (χ3n) is 1.97. The average Bonchev–Trinajstić information content (AvgIpc) is 2.20. The first kappa shape index (κ1) is 8.26. The standard InChI is InChI=1S/C10H10O3/c11-10-7-12-9(6-13-10)8-4-2-1-3-5-8/h1-5,9H,6-7H2/t9-/m1/s1. The van der Waals surface area contributed by atoms with Gasteiger partial charge in [0.05, 0.1) is 0 Å². The van der Waals surface area contributed by atoms with Crippen LogP contribution < -0.4 is 0 Å². The van der Waals surface area contributed by atoms with Gasteiger partial charge in [0, 0.05) is 0 Å². The molecule has 1 saturated heterocycles. The molecule has 1 fully saturated rings. The maximum Gasteiger partial charge on any atom is 0.332 e. The van der Waals surface area contributed by atoms with E-state index in [9.17, 15) is 4.79 Å². The molecule has 0 bridgehead atoms. The van der Waals surface area contributed by atoms with E-state index in [0.717, 1.165) is 5.56 Å². The van der Waals surface area contributed by atoms with E-state index in [1.165, 1.54) is 0 Å². The van der Waals surface area contributed by atoms with Gasteiger partial charge in [0.25, 0.3) is 0 Å². The fraction of sp³-hybridized carbons (Fsp3) is 0.300. The zero-order chi connectivity index (χ0) is 9.10. The fourth-order valence-electron chi connectivity index (χ4n) is 1.29. The molecule has 3 heteroatoms. The number of benzene rings is 1. The number of cyclic esters (lactones) is 1. The highest BCUT2D eigenvalue weighted by Crippen LogP contribution is 2.20. The molecule has 1 aliphatic rings. The van der Waals surface area contributed by atoms with Gasteiger partial charge >= 0.3 is 5.97 Å². The molecule has 68 valence electrons. The first-order valence-electron chi connectivity index (χ1n) is 4.18. The molecule has 0 radical (unpaired) electrons. The van der Waals surface area contributed by atoms with Crippen LogP contribution in [0.1, 0.15) is 11.7 Å². The Kier molecular flexibility index (Phi) is 2.27. The van der Waals surface area contributed by atoms with Crippen LogP contribution in [-0.4, -0.2) is 19.2 Å². The van der Waals surface area contributed by atoms with Crippen molar-refractivity contribution in [2.45, 2.75) is 6.10 Å². The van der Waals surface area contributed by atoms with Crippen molar-refractivity contribution in [3.8, 4) is 0 Å². The average molecular weight is 178 g/mol. The van der Waals surface area contributed by atoms with Crippen molar-refractivity contribution in [3.05, 3.63) is 35.9 Å². The molecule has 0 aliphatic carbocycles. The molecule has 0 spiro atoms. The molecule has 1 atom stereocenters. The summed E-state index contributed by atoms with van der Waals surface area (Å²) < 4.78 is 10.2. The Morgan fingerprint density at radius 2 is 2.00 bits per heavy atom. The Labute approximate surface area is 76.3 Å². The molecule has 1 heterocycles. The molecular weight excluding hydrogens is 168 g/mol. The van der Waals surface area contributed by atoms with Gasteiger partial charge in [0.1, 0.15) is 19.3 Å². The minimum absolute atomic E-state index is 0.0551. The van der Waals surface area contributed by atoms with Gasteiger partial charge in [0.15, 0.2) is 0 Å². The zero-order valence-corrected chi connectivity index (χ0v) is 7.10. The third kappa shape index (κ3) is 1.87. The van der Waals surface area contributed by atoms with Crippen LogP contribution in [0.15, 0.2) is 30.3 Å². The van der Waals surface area contributed by atoms with E-state index in [-0.39, 0.29) is 18.7 Å². The molecular formula is C10H10O3. The summed E-state index contributed by atoms with van der Waals surface area (Å²) in [5, 5.41) is 0. The van der Waals surface area contributed by atoms with E-state index < -0.39 is 0 Å². The van der Waals surface area contributed by atoms with Crippen LogP contribution >= 0.6 is 0 Å². The van der Waals surface area contributed by atoms with Crippen molar-refractivity contribution in [1.82, 2.24) is 0 Å². The summed E-state index contributed by atoms with van der Waals surface area (Å²) in [6.07, 6.45) is -0.0982. The topological polar surface area (TPSA) is 35.5 Å². The molecule has 0 aromatic heterocycles.